The molecule has 5 rings (SSSR count). The van der Waals surface area contributed by atoms with E-state index in [9.17, 15) is 4.79 Å². The average Bonchev–Trinajstić information content (AvgIpc) is 3.36. The molecule has 0 saturated carbocycles. The number of fused-ring (bicyclic) bond motifs is 2. The van der Waals surface area contributed by atoms with E-state index in [4.69, 9.17) is 28.9 Å². The van der Waals surface area contributed by atoms with E-state index in [1.54, 1.807) is 49.6 Å². The Bertz CT molecular complexity index is 1710. The standard InChI is InChI=1S/C27H20N4O5/c1-33-21-10-6-11-22-19(21)15-24(36-22)26-30-20-9-4-3-8-18(20)27(32)31(26)29-16-17-7-5-12-23(34-2)25(17)35-14-13-28/h3-12,15-16H,14H2,1-2H3. The minimum atomic E-state index is -0.373. The summed E-state index contributed by atoms with van der Waals surface area (Å²) in [5.41, 5.74) is 1.24. The van der Waals surface area contributed by atoms with Crippen molar-refractivity contribution in [2.45, 2.75) is 0 Å². The van der Waals surface area contributed by atoms with Gasteiger partial charge in [0.2, 0.25) is 5.82 Å². The second kappa shape index (κ2) is 9.64. The first-order valence-corrected chi connectivity index (χ1v) is 10.9. The van der Waals surface area contributed by atoms with Crippen LogP contribution in [0.15, 0.2) is 81.0 Å². The summed E-state index contributed by atoms with van der Waals surface area (Å²) in [6.45, 7) is -0.176. The van der Waals surface area contributed by atoms with Gasteiger partial charge in [0.15, 0.2) is 23.9 Å². The first-order chi connectivity index (χ1) is 17.6. The highest BCUT2D eigenvalue weighted by atomic mass is 16.5. The summed E-state index contributed by atoms with van der Waals surface area (Å²) >= 11 is 0. The molecule has 9 heteroatoms. The number of aromatic nitrogens is 2. The van der Waals surface area contributed by atoms with Crippen molar-refractivity contribution in [3.8, 4) is 34.9 Å². The van der Waals surface area contributed by atoms with Gasteiger partial charge in [0.1, 0.15) is 17.4 Å². The van der Waals surface area contributed by atoms with Crippen molar-refractivity contribution in [3.63, 3.8) is 0 Å². The maximum absolute atomic E-state index is 13.5. The van der Waals surface area contributed by atoms with Crippen LogP contribution in [0.4, 0.5) is 0 Å². The van der Waals surface area contributed by atoms with Crippen molar-refractivity contribution in [2.24, 2.45) is 5.10 Å². The van der Waals surface area contributed by atoms with Crippen LogP contribution in [0.5, 0.6) is 17.2 Å². The lowest BCUT2D eigenvalue weighted by atomic mass is 10.2. The molecular weight excluding hydrogens is 460 g/mol. The van der Waals surface area contributed by atoms with Crippen molar-refractivity contribution in [2.75, 3.05) is 20.8 Å². The summed E-state index contributed by atoms with van der Waals surface area (Å²) < 4.78 is 23.6. The zero-order chi connectivity index (χ0) is 25.1. The van der Waals surface area contributed by atoms with E-state index in [2.05, 4.69) is 5.10 Å². The fourth-order valence-electron chi connectivity index (χ4n) is 3.89. The van der Waals surface area contributed by atoms with Crippen molar-refractivity contribution < 1.29 is 18.6 Å². The third-order valence-corrected chi connectivity index (χ3v) is 5.54. The molecule has 2 aromatic heterocycles. The molecule has 0 aliphatic heterocycles. The van der Waals surface area contributed by atoms with Crippen LogP contribution in [0, 0.1) is 11.3 Å². The van der Waals surface area contributed by atoms with E-state index >= 15 is 0 Å². The molecule has 0 atom stereocenters. The molecule has 9 nitrogen and oxygen atoms in total. The number of hydrogen-bond donors (Lipinski definition) is 0. The minimum absolute atomic E-state index is 0.176. The van der Waals surface area contributed by atoms with Crippen LogP contribution in [0.1, 0.15) is 5.56 Å². The first-order valence-electron chi connectivity index (χ1n) is 10.9. The maximum atomic E-state index is 13.5. The van der Waals surface area contributed by atoms with E-state index in [1.807, 2.05) is 30.3 Å². The highest BCUT2D eigenvalue weighted by Gasteiger charge is 2.18. The molecule has 0 bridgehead atoms. The monoisotopic (exact) mass is 480 g/mol. The fraction of sp³-hybridized carbons (Fsp3) is 0.111. The summed E-state index contributed by atoms with van der Waals surface area (Å²) in [6, 6.07) is 21.4. The summed E-state index contributed by atoms with van der Waals surface area (Å²) in [7, 11) is 3.08. The molecule has 0 aliphatic rings. The molecule has 3 aromatic carbocycles. The third kappa shape index (κ3) is 4.01. The molecule has 0 unspecified atom stereocenters. The number of para-hydroxylation sites is 2. The van der Waals surface area contributed by atoms with Crippen molar-refractivity contribution in [3.05, 3.63) is 82.6 Å². The van der Waals surface area contributed by atoms with Crippen LogP contribution in [0.3, 0.4) is 0 Å². The predicted octanol–water partition coefficient (Wildman–Crippen LogP) is 4.61. The number of nitriles is 1. The Labute approximate surface area is 205 Å². The molecule has 36 heavy (non-hydrogen) atoms. The number of methoxy groups -OCH3 is 2. The second-order valence-corrected chi connectivity index (χ2v) is 7.62. The Morgan fingerprint density at radius 1 is 1.03 bits per heavy atom. The number of furan rings is 1. The van der Waals surface area contributed by atoms with E-state index in [1.165, 1.54) is 18.0 Å². The van der Waals surface area contributed by atoms with Crippen LogP contribution in [0.2, 0.25) is 0 Å². The molecule has 5 aromatic rings. The maximum Gasteiger partial charge on any atom is 0.282 e. The Hall–Kier alpha value is -5.10. The lowest BCUT2D eigenvalue weighted by molar-refractivity contribution is 0.329. The minimum Gasteiger partial charge on any atom is -0.496 e. The quantitative estimate of drug-likeness (QED) is 0.313. The van der Waals surface area contributed by atoms with Gasteiger partial charge in [-0.2, -0.15) is 15.0 Å². The fourth-order valence-corrected chi connectivity index (χ4v) is 3.89. The van der Waals surface area contributed by atoms with Gasteiger partial charge in [-0.15, -0.1) is 0 Å². The van der Waals surface area contributed by atoms with Gasteiger partial charge in [-0.25, -0.2) is 4.98 Å². The number of hydrogen-bond acceptors (Lipinski definition) is 8. The second-order valence-electron chi connectivity index (χ2n) is 7.62. The number of nitrogens with zero attached hydrogens (tertiary/aromatic N) is 4. The van der Waals surface area contributed by atoms with Crippen LogP contribution in [-0.2, 0) is 0 Å². The van der Waals surface area contributed by atoms with Gasteiger partial charge in [0.05, 0.1) is 36.7 Å². The molecule has 0 amide bonds. The lowest BCUT2D eigenvalue weighted by Gasteiger charge is -2.11. The third-order valence-electron chi connectivity index (χ3n) is 5.54. The predicted molar refractivity (Wildman–Crippen MR) is 135 cm³/mol. The summed E-state index contributed by atoms with van der Waals surface area (Å²) in [4.78, 5) is 18.2. The molecule has 0 radical (unpaired) electrons. The zero-order valence-electron chi connectivity index (χ0n) is 19.5. The van der Waals surface area contributed by atoms with Crippen LogP contribution >= 0.6 is 0 Å². The Morgan fingerprint density at radius 3 is 2.61 bits per heavy atom. The highest BCUT2D eigenvalue weighted by Crippen LogP contribution is 2.33. The van der Waals surface area contributed by atoms with Gasteiger partial charge >= 0.3 is 0 Å². The Morgan fingerprint density at radius 2 is 1.81 bits per heavy atom. The summed E-state index contributed by atoms with van der Waals surface area (Å²) in [6.07, 6.45) is 1.46. The van der Waals surface area contributed by atoms with Crippen LogP contribution in [0.25, 0.3) is 33.5 Å². The smallest absolute Gasteiger partial charge is 0.282 e. The molecule has 2 heterocycles. The van der Waals surface area contributed by atoms with Gasteiger partial charge in [-0.3, -0.25) is 4.79 Å². The number of ether oxygens (including phenoxy) is 3. The van der Waals surface area contributed by atoms with Gasteiger partial charge in [0, 0.05) is 5.56 Å². The van der Waals surface area contributed by atoms with E-state index in [-0.39, 0.29) is 18.0 Å². The highest BCUT2D eigenvalue weighted by molar-refractivity contribution is 5.89. The molecule has 0 aliphatic carbocycles. The molecule has 0 spiro atoms. The van der Waals surface area contributed by atoms with E-state index in [0.29, 0.717) is 45.1 Å². The molecule has 0 saturated heterocycles. The number of benzene rings is 3. The summed E-state index contributed by atoms with van der Waals surface area (Å²) in [5.74, 6) is 1.97. The Balaban J connectivity index is 1.71. The molecule has 0 N–H and O–H groups in total. The van der Waals surface area contributed by atoms with E-state index in [0.717, 1.165) is 5.39 Å². The van der Waals surface area contributed by atoms with Gasteiger partial charge in [-0.1, -0.05) is 24.3 Å². The zero-order valence-corrected chi connectivity index (χ0v) is 19.5. The van der Waals surface area contributed by atoms with Crippen LogP contribution < -0.4 is 19.8 Å². The van der Waals surface area contributed by atoms with E-state index < -0.39 is 0 Å². The largest absolute Gasteiger partial charge is 0.496 e. The Kier molecular flexibility index (Phi) is 6.07. The van der Waals surface area contributed by atoms with Crippen molar-refractivity contribution >= 4 is 28.1 Å². The SMILES string of the molecule is COc1cccc(C=Nn2c(-c3cc4c(OC)cccc4o3)nc3ccccc3c2=O)c1OCC#N. The number of rotatable bonds is 7. The van der Waals surface area contributed by atoms with Crippen molar-refractivity contribution in [1.82, 2.24) is 9.66 Å². The van der Waals surface area contributed by atoms with Gasteiger partial charge < -0.3 is 18.6 Å². The normalized spacial score (nSPS) is 11.1. The van der Waals surface area contributed by atoms with Crippen molar-refractivity contribution in [1.29, 1.82) is 5.26 Å². The summed E-state index contributed by atoms with van der Waals surface area (Å²) in [5, 5.41) is 14.6. The van der Waals surface area contributed by atoms with Gasteiger partial charge in [-0.05, 0) is 42.5 Å². The lowest BCUT2D eigenvalue weighted by Crippen LogP contribution is -2.20. The topological polar surface area (TPSA) is 112 Å². The average molecular weight is 480 g/mol. The first kappa shape index (κ1) is 22.7. The molecular formula is C27H20N4O5. The molecule has 178 valence electrons. The van der Waals surface area contributed by atoms with Crippen LogP contribution in [-0.4, -0.2) is 36.7 Å². The van der Waals surface area contributed by atoms with Gasteiger partial charge in [0.25, 0.3) is 5.56 Å². The molecule has 0 fully saturated rings.